The largest absolute Gasteiger partial charge is 0.493 e. The fourth-order valence-electron chi connectivity index (χ4n) is 2.77. The molecule has 0 bridgehead atoms. The molecular formula is C22H23N3O6S. The van der Waals surface area contributed by atoms with Crippen molar-refractivity contribution in [3.63, 3.8) is 0 Å². The number of sulfonamides is 1. The Bertz CT molecular complexity index is 1250. The molecule has 2 N–H and O–H groups in total. The molecule has 168 valence electrons. The van der Waals surface area contributed by atoms with Crippen LogP contribution in [0.25, 0.3) is 0 Å². The average molecular weight is 458 g/mol. The number of hydrogen-bond acceptors (Lipinski definition) is 7. The molecule has 10 heteroatoms. The van der Waals surface area contributed by atoms with E-state index in [2.05, 4.69) is 15.2 Å². The maximum atomic E-state index is 12.6. The van der Waals surface area contributed by atoms with Gasteiger partial charge in [0.15, 0.2) is 17.3 Å². The van der Waals surface area contributed by atoms with Gasteiger partial charge in [-0.2, -0.15) is 18.4 Å². The highest BCUT2D eigenvalue weighted by Crippen LogP contribution is 2.29. The van der Waals surface area contributed by atoms with Gasteiger partial charge in [-0.05, 0) is 55.8 Å². The Morgan fingerprint density at radius 3 is 2.25 bits per heavy atom. The predicted octanol–water partition coefficient (Wildman–Crippen LogP) is 3.56. The second-order valence-corrected chi connectivity index (χ2v) is 8.41. The van der Waals surface area contributed by atoms with Crippen LogP contribution in [-0.4, -0.2) is 34.3 Å². The third-order valence-electron chi connectivity index (χ3n) is 4.52. The summed E-state index contributed by atoms with van der Waals surface area (Å²) in [5.74, 6) is 1.21. The third-order valence-corrected chi connectivity index (χ3v) is 5.73. The molecule has 0 aliphatic heterocycles. The van der Waals surface area contributed by atoms with Crippen molar-refractivity contribution in [3.8, 4) is 11.5 Å². The molecule has 32 heavy (non-hydrogen) atoms. The van der Waals surface area contributed by atoms with Crippen LogP contribution in [0, 0.1) is 6.92 Å². The molecule has 9 nitrogen and oxygen atoms in total. The summed E-state index contributed by atoms with van der Waals surface area (Å²) in [7, 11) is -1.03. The van der Waals surface area contributed by atoms with Crippen molar-refractivity contribution < 1.29 is 27.1 Å². The lowest BCUT2D eigenvalue weighted by Crippen LogP contribution is -2.20. The number of rotatable bonds is 8. The molecule has 1 aromatic heterocycles. The van der Waals surface area contributed by atoms with E-state index >= 15 is 0 Å². The van der Waals surface area contributed by atoms with Crippen LogP contribution in [0.3, 0.4) is 0 Å². The van der Waals surface area contributed by atoms with Gasteiger partial charge in [-0.1, -0.05) is 12.1 Å². The van der Waals surface area contributed by atoms with Crippen LogP contribution in [0.1, 0.15) is 28.8 Å². The zero-order valence-electron chi connectivity index (χ0n) is 18.0. The number of aryl methyl sites for hydroxylation is 1. The van der Waals surface area contributed by atoms with Crippen LogP contribution in [0.5, 0.6) is 11.5 Å². The molecular weight excluding hydrogens is 434 g/mol. The van der Waals surface area contributed by atoms with E-state index in [-0.39, 0.29) is 16.6 Å². The number of methoxy groups -OCH3 is 2. The zero-order valence-corrected chi connectivity index (χ0v) is 18.8. The van der Waals surface area contributed by atoms with Crippen LogP contribution in [-0.2, 0) is 10.0 Å². The van der Waals surface area contributed by atoms with Gasteiger partial charge in [-0.15, -0.1) is 0 Å². The molecule has 1 heterocycles. The number of amides is 1. The van der Waals surface area contributed by atoms with Gasteiger partial charge >= 0.3 is 0 Å². The molecule has 0 fully saturated rings. The fraction of sp³-hybridized carbons (Fsp3) is 0.182. The summed E-state index contributed by atoms with van der Waals surface area (Å²) in [6, 6.07) is 14.4. The first-order valence-corrected chi connectivity index (χ1v) is 11.0. The number of hydrogen-bond donors (Lipinski definition) is 2. The second-order valence-electron chi connectivity index (χ2n) is 6.75. The number of benzene rings is 2. The monoisotopic (exact) mass is 457 g/mol. The molecule has 0 atom stereocenters. The van der Waals surface area contributed by atoms with Gasteiger partial charge in [0.05, 0.1) is 24.8 Å². The van der Waals surface area contributed by atoms with Crippen molar-refractivity contribution in [2.75, 3.05) is 19.5 Å². The molecule has 1 amide bonds. The predicted molar refractivity (Wildman–Crippen MR) is 120 cm³/mol. The highest BCUT2D eigenvalue weighted by molar-refractivity contribution is 7.89. The van der Waals surface area contributed by atoms with Gasteiger partial charge in [-0.3, -0.25) is 4.79 Å². The van der Waals surface area contributed by atoms with Crippen molar-refractivity contribution in [1.29, 1.82) is 0 Å². The van der Waals surface area contributed by atoms with Gasteiger partial charge in [-0.25, -0.2) is 0 Å². The summed E-state index contributed by atoms with van der Waals surface area (Å²) in [6.45, 7) is 3.42. The highest BCUT2D eigenvalue weighted by Gasteiger charge is 2.17. The minimum atomic E-state index is -3.91. The number of carbonyl (C=O) groups excluding carboxylic acids is 1. The number of nitrogens with one attached hydrogen (secondary N) is 2. The summed E-state index contributed by atoms with van der Waals surface area (Å²) >= 11 is 0. The van der Waals surface area contributed by atoms with E-state index in [1.807, 2.05) is 0 Å². The number of carbonyl (C=O) groups is 1. The Hall–Kier alpha value is -3.79. The zero-order chi connectivity index (χ0) is 23.3. The van der Waals surface area contributed by atoms with Crippen molar-refractivity contribution in [2.24, 2.45) is 5.10 Å². The van der Waals surface area contributed by atoms with Crippen molar-refractivity contribution in [1.82, 2.24) is 4.83 Å². The van der Waals surface area contributed by atoms with E-state index in [9.17, 15) is 13.2 Å². The van der Waals surface area contributed by atoms with Gasteiger partial charge < -0.3 is 19.2 Å². The molecule has 3 rings (SSSR count). The van der Waals surface area contributed by atoms with Crippen LogP contribution >= 0.6 is 0 Å². The number of hydrazone groups is 1. The standard InChI is InChI=1S/C22H23N3O6S/c1-14-5-11-20(31-14)22(26)23-17-8-6-16(7-9-17)15(2)24-25-32(27,28)18-10-12-19(29-3)21(13-18)30-4/h5-13,25H,1-4H3,(H,23,26)/b24-15+. The second kappa shape index (κ2) is 9.56. The SMILES string of the molecule is COc1ccc(S(=O)(=O)N/N=C(\C)c2ccc(NC(=O)c3ccc(C)o3)cc2)cc1OC. The van der Waals surface area contributed by atoms with Crippen LogP contribution in [0.4, 0.5) is 5.69 Å². The number of nitrogens with zero attached hydrogens (tertiary/aromatic N) is 1. The summed E-state index contributed by atoms with van der Waals surface area (Å²) in [6.07, 6.45) is 0. The molecule has 0 radical (unpaired) electrons. The summed E-state index contributed by atoms with van der Waals surface area (Å²) in [4.78, 5) is 14.4. The minimum absolute atomic E-state index is 0.0158. The third kappa shape index (κ3) is 5.27. The van der Waals surface area contributed by atoms with Crippen LogP contribution in [0.15, 0.2) is 69.0 Å². The molecule has 2 aromatic carbocycles. The molecule has 0 saturated carbocycles. The van der Waals surface area contributed by atoms with Gasteiger partial charge in [0.25, 0.3) is 15.9 Å². The summed E-state index contributed by atoms with van der Waals surface area (Å²) in [5, 5.41) is 6.72. The van der Waals surface area contributed by atoms with Crippen molar-refractivity contribution in [2.45, 2.75) is 18.7 Å². The normalized spacial score (nSPS) is 11.7. The van der Waals surface area contributed by atoms with Crippen molar-refractivity contribution >= 4 is 27.3 Å². The molecule has 3 aromatic rings. The van der Waals surface area contributed by atoms with Crippen molar-refractivity contribution in [3.05, 3.63) is 71.7 Å². The van der Waals surface area contributed by atoms with Crippen LogP contribution < -0.4 is 19.6 Å². The van der Waals surface area contributed by atoms with E-state index in [1.165, 1.54) is 32.4 Å². The number of furan rings is 1. The Labute approximate surface area is 186 Å². The Balaban J connectivity index is 1.69. The van der Waals surface area contributed by atoms with Gasteiger partial charge in [0, 0.05) is 11.8 Å². The Morgan fingerprint density at radius 2 is 1.66 bits per heavy atom. The molecule has 0 aliphatic carbocycles. The number of ether oxygens (including phenoxy) is 2. The Kier molecular flexibility index (Phi) is 6.84. The summed E-state index contributed by atoms with van der Waals surface area (Å²) in [5.41, 5.74) is 1.67. The number of anilines is 1. The first-order valence-electron chi connectivity index (χ1n) is 9.50. The van der Waals surface area contributed by atoms with E-state index in [4.69, 9.17) is 13.9 Å². The maximum Gasteiger partial charge on any atom is 0.291 e. The smallest absolute Gasteiger partial charge is 0.291 e. The topological polar surface area (TPSA) is 119 Å². The molecule has 0 unspecified atom stereocenters. The maximum absolute atomic E-state index is 12.6. The quantitative estimate of drug-likeness (QED) is 0.394. The molecule has 0 saturated heterocycles. The molecule has 0 aliphatic rings. The lowest BCUT2D eigenvalue weighted by atomic mass is 10.1. The van der Waals surface area contributed by atoms with Gasteiger partial charge in [0.2, 0.25) is 0 Å². The average Bonchev–Trinajstić information content (AvgIpc) is 3.24. The fourth-order valence-corrected chi connectivity index (χ4v) is 3.65. The summed E-state index contributed by atoms with van der Waals surface area (Å²) < 4.78 is 40.7. The highest BCUT2D eigenvalue weighted by atomic mass is 32.2. The Morgan fingerprint density at radius 1 is 0.969 bits per heavy atom. The lowest BCUT2D eigenvalue weighted by molar-refractivity contribution is 0.0995. The van der Waals surface area contributed by atoms with E-state index in [1.54, 1.807) is 50.2 Å². The van der Waals surface area contributed by atoms with E-state index in [0.29, 0.717) is 34.2 Å². The minimum Gasteiger partial charge on any atom is -0.493 e. The van der Waals surface area contributed by atoms with Crippen LogP contribution in [0.2, 0.25) is 0 Å². The molecule has 0 spiro atoms. The van der Waals surface area contributed by atoms with E-state index < -0.39 is 10.0 Å². The first-order chi connectivity index (χ1) is 15.2. The van der Waals surface area contributed by atoms with E-state index in [0.717, 1.165) is 0 Å². The first kappa shape index (κ1) is 22.9. The lowest BCUT2D eigenvalue weighted by Gasteiger charge is -2.10. The van der Waals surface area contributed by atoms with Gasteiger partial charge in [0.1, 0.15) is 5.76 Å².